The second-order valence-corrected chi connectivity index (χ2v) is 5.76. The number of rotatable bonds is 3. The zero-order valence-corrected chi connectivity index (χ0v) is 11.5. The van der Waals surface area contributed by atoms with Crippen LogP contribution >= 0.6 is 0 Å². The lowest BCUT2D eigenvalue weighted by atomic mass is 9.72. The molecule has 1 aliphatic carbocycles. The van der Waals surface area contributed by atoms with E-state index in [9.17, 15) is 8.78 Å². The van der Waals surface area contributed by atoms with Crippen LogP contribution in [0, 0.1) is 30.4 Å². The van der Waals surface area contributed by atoms with Crippen molar-refractivity contribution in [3.63, 3.8) is 0 Å². The second kappa shape index (κ2) is 5.97. The van der Waals surface area contributed by atoms with Gasteiger partial charge in [0.2, 0.25) is 0 Å². The highest BCUT2D eigenvalue weighted by Gasteiger charge is 2.30. The Morgan fingerprint density at radius 1 is 1.26 bits per heavy atom. The van der Waals surface area contributed by atoms with Gasteiger partial charge in [-0.25, -0.2) is 8.78 Å². The molecule has 1 saturated carbocycles. The number of nitrogens with two attached hydrogens (primary N) is 1. The number of aryl methyl sites for hydroxylation is 1. The summed E-state index contributed by atoms with van der Waals surface area (Å²) in [5.74, 6) is 5.12. The summed E-state index contributed by atoms with van der Waals surface area (Å²) in [7, 11) is 0. The van der Waals surface area contributed by atoms with E-state index in [1.807, 2.05) is 0 Å². The first-order valence-corrected chi connectivity index (χ1v) is 6.92. The zero-order chi connectivity index (χ0) is 14.0. The van der Waals surface area contributed by atoms with Gasteiger partial charge < -0.3 is 0 Å². The molecule has 1 aromatic carbocycles. The van der Waals surface area contributed by atoms with Crippen molar-refractivity contribution in [2.24, 2.45) is 17.7 Å². The first kappa shape index (κ1) is 14.4. The molecule has 0 aliphatic heterocycles. The van der Waals surface area contributed by atoms with Gasteiger partial charge in [0.1, 0.15) is 0 Å². The number of halogens is 2. The molecule has 0 spiro atoms. The van der Waals surface area contributed by atoms with E-state index in [2.05, 4.69) is 12.3 Å². The predicted octanol–water partition coefficient (Wildman–Crippen LogP) is 3.26. The molecule has 0 radical (unpaired) electrons. The summed E-state index contributed by atoms with van der Waals surface area (Å²) >= 11 is 0. The first-order valence-electron chi connectivity index (χ1n) is 6.92. The largest absolute Gasteiger partial charge is 0.271 e. The van der Waals surface area contributed by atoms with Crippen LogP contribution in [0.2, 0.25) is 0 Å². The Kier molecular flexibility index (Phi) is 4.53. The minimum atomic E-state index is -0.704. The molecule has 1 aliphatic rings. The molecule has 2 rings (SSSR count). The van der Waals surface area contributed by atoms with Crippen LogP contribution in [0.25, 0.3) is 0 Å². The van der Waals surface area contributed by atoms with Gasteiger partial charge in [-0.15, -0.1) is 0 Å². The van der Waals surface area contributed by atoms with Gasteiger partial charge in [0.05, 0.1) is 0 Å². The average Bonchev–Trinajstić information content (AvgIpc) is 2.39. The molecule has 0 amide bonds. The molecule has 3 unspecified atom stereocenters. The maximum atomic E-state index is 14.0. The Labute approximate surface area is 113 Å². The van der Waals surface area contributed by atoms with Crippen LogP contribution in [0.4, 0.5) is 8.78 Å². The fraction of sp³-hybridized carbons (Fsp3) is 0.600. The Balaban J connectivity index is 2.20. The predicted molar refractivity (Wildman–Crippen MR) is 72.5 cm³/mol. The summed E-state index contributed by atoms with van der Waals surface area (Å²) < 4.78 is 27.7. The summed E-state index contributed by atoms with van der Waals surface area (Å²) in [6.07, 6.45) is 2.82. The minimum absolute atomic E-state index is 0.102. The maximum Gasteiger partial charge on any atom is 0.162 e. The van der Waals surface area contributed by atoms with E-state index >= 15 is 0 Å². The molecule has 19 heavy (non-hydrogen) atoms. The van der Waals surface area contributed by atoms with E-state index in [-0.39, 0.29) is 5.92 Å². The van der Waals surface area contributed by atoms with Crippen LogP contribution < -0.4 is 11.3 Å². The van der Waals surface area contributed by atoms with Crippen molar-refractivity contribution in [1.29, 1.82) is 0 Å². The van der Waals surface area contributed by atoms with Crippen molar-refractivity contribution >= 4 is 0 Å². The van der Waals surface area contributed by atoms with Gasteiger partial charge >= 0.3 is 0 Å². The molecule has 106 valence electrons. The Hall–Kier alpha value is -1.00. The SMILES string of the molecule is Cc1ccc(C2CCC(C)C(CNN)C2)c(F)c1F. The molecular weight excluding hydrogens is 246 g/mol. The number of nitrogens with one attached hydrogen (secondary N) is 1. The number of hydrogen-bond acceptors (Lipinski definition) is 2. The maximum absolute atomic E-state index is 14.0. The molecule has 2 nitrogen and oxygen atoms in total. The first-order chi connectivity index (χ1) is 9.04. The van der Waals surface area contributed by atoms with E-state index in [1.54, 1.807) is 19.1 Å². The van der Waals surface area contributed by atoms with Gasteiger partial charge in [-0.3, -0.25) is 11.3 Å². The number of hydrazine groups is 1. The van der Waals surface area contributed by atoms with Gasteiger partial charge in [0, 0.05) is 6.54 Å². The molecule has 0 saturated heterocycles. The fourth-order valence-electron chi connectivity index (χ4n) is 3.11. The van der Waals surface area contributed by atoms with Gasteiger partial charge in [-0.2, -0.15) is 0 Å². The smallest absolute Gasteiger partial charge is 0.162 e. The fourth-order valence-corrected chi connectivity index (χ4v) is 3.11. The van der Waals surface area contributed by atoms with E-state index in [0.717, 1.165) is 25.8 Å². The lowest BCUT2D eigenvalue weighted by molar-refractivity contribution is 0.223. The molecule has 4 heteroatoms. The highest BCUT2D eigenvalue weighted by Crippen LogP contribution is 2.40. The van der Waals surface area contributed by atoms with Gasteiger partial charge in [0.25, 0.3) is 0 Å². The standard InChI is InChI=1S/C15H22F2N2/c1-9-3-5-11(7-12(9)8-19-18)13-6-4-10(2)14(16)15(13)17/h4,6,9,11-12,19H,3,5,7-8,18H2,1-2H3. The van der Waals surface area contributed by atoms with E-state index in [4.69, 9.17) is 5.84 Å². The van der Waals surface area contributed by atoms with Crippen LogP contribution in [0.1, 0.15) is 43.2 Å². The van der Waals surface area contributed by atoms with Crippen LogP contribution in [0.5, 0.6) is 0 Å². The molecule has 1 aromatic rings. The second-order valence-electron chi connectivity index (χ2n) is 5.76. The summed E-state index contributed by atoms with van der Waals surface area (Å²) in [4.78, 5) is 0. The van der Waals surface area contributed by atoms with Gasteiger partial charge in [-0.05, 0) is 55.1 Å². The summed E-state index contributed by atoms with van der Waals surface area (Å²) in [6.45, 7) is 4.52. The quantitative estimate of drug-likeness (QED) is 0.652. The molecule has 3 atom stereocenters. The monoisotopic (exact) mass is 268 g/mol. The Morgan fingerprint density at radius 3 is 2.68 bits per heavy atom. The summed E-state index contributed by atoms with van der Waals surface area (Å²) in [6, 6.07) is 3.41. The molecule has 3 N–H and O–H groups in total. The van der Waals surface area contributed by atoms with Crippen molar-refractivity contribution < 1.29 is 8.78 Å². The number of hydrogen-bond donors (Lipinski definition) is 2. The van der Waals surface area contributed by atoms with Gasteiger partial charge in [0.15, 0.2) is 11.6 Å². The Morgan fingerprint density at radius 2 is 2.00 bits per heavy atom. The molecular formula is C15H22F2N2. The van der Waals surface area contributed by atoms with Crippen molar-refractivity contribution in [1.82, 2.24) is 5.43 Å². The van der Waals surface area contributed by atoms with Crippen LogP contribution in [-0.4, -0.2) is 6.54 Å². The normalized spacial score (nSPS) is 27.5. The highest BCUT2D eigenvalue weighted by molar-refractivity contribution is 5.28. The average molecular weight is 268 g/mol. The van der Waals surface area contributed by atoms with Crippen molar-refractivity contribution in [2.75, 3.05) is 6.54 Å². The number of benzene rings is 1. The molecule has 0 aromatic heterocycles. The highest BCUT2D eigenvalue weighted by atomic mass is 19.2. The Bertz CT molecular complexity index is 448. The topological polar surface area (TPSA) is 38.0 Å². The van der Waals surface area contributed by atoms with Crippen molar-refractivity contribution in [3.05, 3.63) is 34.9 Å². The van der Waals surface area contributed by atoms with Crippen LogP contribution in [-0.2, 0) is 0 Å². The summed E-state index contributed by atoms with van der Waals surface area (Å²) in [5, 5.41) is 0. The van der Waals surface area contributed by atoms with Crippen LogP contribution in [0.15, 0.2) is 12.1 Å². The third-order valence-electron chi connectivity index (χ3n) is 4.49. The third kappa shape index (κ3) is 2.95. The van der Waals surface area contributed by atoms with E-state index in [0.29, 0.717) is 23.0 Å². The summed E-state index contributed by atoms with van der Waals surface area (Å²) in [5.41, 5.74) is 3.60. The molecule has 1 fully saturated rings. The van der Waals surface area contributed by atoms with Crippen molar-refractivity contribution in [3.8, 4) is 0 Å². The molecule has 0 heterocycles. The lowest BCUT2D eigenvalue weighted by Crippen LogP contribution is -2.35. The van der Waals surface area contributed by atoms with Gasteiger partial charge in [-0.1, -0.05) is 19.1 Å². The van der Waals surface area contributed by atoms with Crippen molar-refractivity contribution in [2.45, 2.75) is 39.0 Å². The minimum Gasteiger partial charge on any atom is -0.271 e. The van der Waals surface area contributed by atoms with E-state index < -0.39 is 11.6 Å². The third-order valence-corrected chi connectivity index (χ3v) is 4.49. The van der Waals surface area contributed by atoms with Crippen LogP contribution in [0.3, 0.4) is 0 Å². The lowest BCUT2D eigenvalue weighted by Gasteiger charge is -2.34. The molecule has 0 bridgehead atoms. The zero-order valence-electron chi connectivity index (χ0n) is 11.5. The van der Waals surface area contributed by atoms with E-state index in [1.165, 1.54) is 0 Å².